The molecular weight excluding hydrogens is 275 g/mol. The standard InChI is InChI=1S/C11H15FN2O4S/c1-7(4-11(15)16)6-14-10-3-2-8(5-9(10)12)19(13,17)18/h2-3,5,7,14H,4,6H2,1H3,(H,15,16)(H2,13,17,18). The number of hydrogen-bond donors (Lipinski definition) is 3. The van der Waals surface area contributed by atoms with Crippen molar-refractivity contribution in [2.45, 2.75) is 18.2 Å². The van der Waals surface area contributed by atoms with Crippen LogP contribution in [0.1, 0.15) is 13.3 Å². The Morgan fingerprint density at radius 1 is 1.53 bits per heavy atom. The number of hydrogen-bond acceptors (Lipinski definition) is 4. The average Bonchev–Trinajstić information content (AvgIpc) is 2.25. The van der Waals surface area contributed by atoms with Crippen LogP contribution in [-0.4, -0.2) is 26.0 Å². The van der Waals surface area contributed by atoms with Gasteiger partial charge < -0.3 is 10.4 Å². The molecule has 0 bridgehead atoms. The smallest absolute Gasteiger partial charge is 0.303 e. The van der Waals surface area contributed by atoms with E-state index in [0.717, 1.165) is 6.07 Å². The highest BCUT2D eigenvalue weighted by molar-refractivity contribution is 7.89. The zero-order valence-corrected chi connectivity index (χ0v) is 11.1. The summed E-state index contributed by atoms with van der Waals surface area (Å²) in [6.45, 7) is 1.97. The van der Waals surface area contributed by atoms with Gasteiger partial charge >= 0.3 is 5.97 Å². The van der Waals surface area contributed by atoms with Gasteiger partial charge in [0.1, 0.15) is 5.82 Å². The highest BCUT2D eigenvalue weighted by Crippen LogP contribution is 2.18. The summed E-state index contributed by atoms with van der Waals surface area (Å²) >= 11 is 0. The number of halogens is 1. The average molecular weight is 290 g/mol. The fraction of sp³-hybridized carbons (Fsp3) is 0.364. The molecule has 0 aromatic heterocycles. The molecule has 106 valence electrons. The van der Waals surface area contributed by atoms with Crippen LogP contribution in [0.3, 0.4) is 0 Å². The summed E-state index contributed by atoms with van der Waals surface area (Å²) in [6, 6.07) is 3.25. The Balaban J connectivity index is 2.73. The number of rotatable bonds is 6. The Morgan fingerprint density at radius 3 is 2.63 bits per heavy atom. The number of anilines is 1. The summed E-state index contributed by atoms with van der Waals surface area (Å²) in [7, 11) is -3.93. The summed E-state index contributed by atoms with van der Waals surface area (Å²) < 4.78 is 35.6. The normalized spacial score (nSPS) is 13.0. The predicted molar refractivity (Wildman–Crippen MR) is 67.7 cm³/mol. The van der Waals surface area contributed by atoms with Gasteiger partial charge in [0, 0.05) is 13.0 Å². The first kappa shape index (κ1) is 15.4. The molecule has 8 heteroatoms. The van der Waals surface area contributed by atoms with Crippen molar-refractivity contribution < 1.29 is 22.7 Å². The van der Waals surface area contributed by atoms with Crippen molar-refractivity contribution in [1.29, 1.82) is 0 Å². The molecule has 0 aliphatic heterocycles. The van der Waals surface area contributed by atoms with Gasteiger partial charge in [0.2, 0.25) is 10.0 Å². The molecule has 1 rings (SSSR count). The molecule has 0 fully saturated rings. The Labute approximate surface area is 110 Å². The first-order valence-electron chi connectivity index (χ1n) is 5.48. The van der Waals surface area contributed by atoms with Crippen LogP contribution in [0, 0.1) is 11.7 Å². The molecule has 0 radical (unpaired) electrons. The fourth-order valence-corrected chi connectivity index (χ4v) is 2.00. The molecule has 1 aromatic carbocycles. The quantitative estimate of drug-likeness (QED) is 0.724. The van der Waals surface area contributed by atoms with Crippen molar-refractivity contribution in [3.05, 3.63) is 24.0 Å². The highest BCUT2D eigenvalue weighted by atomic mass is 32.2. The lowest BCUT2D eigenvalue weighted by Gasteiger charge is -2.12. The van der Waals surface area contributed by atoms with Crippen LogP contribution in [0.15, 0.2) is 23.1 Å². The van der Waals surface area contributed by atoms with Crippen LogP contribution in [0.4, 0.5) is 10.1 Å². The molecule has 1 unspecified atom stereocenters. The van der Waals surface area contributed by atoms with E-state index in [4.69, 9.17) is 10.2 Å². The largest absolute Gasteiger partial charge is 0.481 e. The molecule has 0 aliphatic rings. The predicted octanol–water partition coefficient (Wildman–Crippen LogP) is 0.996. The third-order valence-electron chi connectivity index (χ3n) is 2.43. The van der Waals surface area contributed by atoms with Gasteiger partial charge in [0.25, 0.3) is 0 Å². The summed E-state index contributed by atoms with van der Waals surface area (Å²) in [5, 5.41) is 16.2. The van der Waals surface area contributed by atoms with Crippen LogP contribution in [0.25, 0.3) is 0 Å². The molecule has 0 saturated carbocycles. The van der Waals surface area contributed by atoms with Gasteiger partial charge in [-0.05, 0) is 24.1 Å². The second-order valence-corrected chi connectivity index (χ2v) is 5.83. The van der Waals surface area contributed by atoms with Gasteiger partial charge in [-0.25, -0.2) is 17.9 Å². The van der Waals surface area contributed by atoms with Gasteiger partial charge in [0.15, 0.2) is 0 Å². The highest BCUT2D eigenvalue weighted by Gasteiger charge is 2.12. The van der Waals surface area contributed by atoms with Crippen LogP contribution >= 0.6 is 0 Å². The van der Waals surface area contributed by atoms with Gasteiger partial charge in [-0.3, -0.25) is 4.79 Å². The Bertz CT molecular complexity index is 574. The van der Waals surface area contributed by atoms with Gasteiger partial charge in [0.05, 0.1) is 10.6 Å². The summed E-state index contributed by atoms with van der Waals surface area (Å²) in [5.41, 5.74) is 0.102. The molecule has 0 saturated heterocycles. The summed E-state index contributed by atoms with van der Waals surface area (Å²) in [6.07, 6.45) is -0.0378. The Hall–Kier alpha value is -1.67. The van der Waals surface area contributed by atoms with Crippen molar-refractivity contribution in [2.75, 3.05) is 11.9 Å². The minimum Gasteiger partial charge on any atom is -0.481 e. The molecule has 19 heavy (non-hydrogen) atoms. The van der Waals surface area contributed by atoms with E-state index < -0.39 is 21.8 Å². The molecule has 0 spiro atoms. The second-order valence-electron chi connectivity index (χ2n) is 4.27. The summed E-state index contributed by atoms with van der Waals surface area (Å²) in [5.74, 6) is -1.87. The van der Waals surface area contributed by atoms with Crippen LogP contribution in [-0.2, 0) is 14.8 Å². The SMILES string of the molecule is CC(CNc1ccc(S(N)(=O)=O)cc1F)CC(=O)O. The van der Waals surface area contributed by atoms with E-state index in [-0.39, 0.29) is 29.5 Å². The van der Waals surface area contributed by atoms with Crippen molar-refractivity contribution in [1.82, 2.24) is 0 Å². The second kappa shape index (κ2) is 5.98. The monoisotopic (exact) mass is 290 g/mol. The van der Waals surface area contributed by atoms with E-state index in [0.29, 0.717) is 0 Å². The van der Waals surface area contributed by atoms with Crippen LogP contribution in [0.5, 0.6) is 0 Å². The van der Waals surface area contributed by atoms with E-state index in [9.17, 15) is 17.6 Å². The first-order valence-corrected chi connectivity index (χ1v) is 7.03. The maximum atomic E-state index is 13.6. The molecule has 4 N–H and O–H groups in total. The van der Waals surface area contributed by atoms with Crippen molar-refractivity contribution in [3.63, 3.8) is 0 Å². The number of carboxylic acids is 1. The van der Waals surface area contributed by atoms with Crippen LogP contribution in [0.2, 0.25) is 0 Å². The maximum Gasteiger partial charge on any atom is 0.303 e. The maximum absolute atomic E-state index is 13.6. The lowest BCUT2D eigenvalue weighted by Crippen LogP contribution is -2.16. The van der Waals surface area contributed by atoms with Gasteiger partial charge in [-0.2, -0.15) is 0 Å². The number of carbonyl (C=O) groups is 1. The molecule has 1 aromatic rings. The number of primary sulfonamides is 1. The number of benzene rings is 1. The first-order chi connectivity index (χ1) is 8.70. The van der Waals surface area contributed by atoms with Gasteiger partial charge in [-0.15, -0.1) is 0 Å². The third-order valence-corrected chi connectivity index (χ3v) is 3.34. The number of carboxylic acid groups (broad SMARTS) is 1. The molecule has 0 amide bonds. The van der Waals surface area contributed by atoms with Crippen molar-refractivity contribution >= 4 is 21.7 Å². The molecule has 1 atom stereocenters. The minimum atomic E-state index is -3.93. The fourth-order valence-electron chi connectivity index (χ4n) is 1.47. The minimum absolute atomic E-state index is 0.0378. The van der Waals surface area contributed by atoms with Crippen LogP contribution < -0.4 is 10.5 Å². The molecule has 0 heterocycles. The third kappa shape index (κ3) is 4.84. The zero-order chi connectivity index (χ0) is 14.6. The van der Waals surface area contributed by atoms with Gasteiger partial charge in [-0.1, -0.05) is 6.92 Å². The van der Waals surface area contributed by atoms with E-state index >= 15 is 0 Å². The Kier molecular flexibility index (Phi) is 4.84. The van der Waals surface area contributed by atoms with Crippen molar-refractivity contribution in [2.24, 2.45) is 11.1 Å². The zero-order valence-electron chi connectivity index (χ0n) is 10.3. The lowest BCUT2D eigenvalue weighted by atomic mass is 10.1. The number of nitrogens with one attached hydrogen (secondary N) is 1. The number of sulfonamides is 1. The van der Waals surface area contributed by atoms with E-state index in [1.807, 2.05) is 0 Å². The molecular formula is C11H15FN2O4S. The topological polar surface area (TPSA) is 109 Å². The lowest BCUT2D eigenvalue weighted by molar-refractivity contribution is -0.137. The van der Waals surface area contributed by atoms with E-state index in [1.54, 1.807) is 6.92 Å². The molecule has 0 aliphatic carbocycles. The summed E-state index contributed by atoms with van der Waals surface area (Å²) in [4.78, 5) is 10.1. The number of aliphatic carboxylic acids is 1. The number of nitrogens with two attached hydrogens (primary N) is 1. The van der Waals surface area contributed by atoms with Crippen molar-refractivity contribution in [3.8, 4) is 0 Å². The van der Waals surface area contributed by atoms with E-state index in [2.05, 4.69) is 5.32 Å². The molecule has 6 nitrogen and oxygen atoms in total. The Morgan fingerprint density at radius 2 is 2.16 bits per heavy atom. The van der Waals surface area contributed by atoms with E-state index in [1.165, 1.54) is 12.1 Å².